The molecule has 1 heterocycles. The standard InChI is InChI=1S/C27H32N2O5/c1-3-8-23(24(30)29-15-13-27(2,14-16-29)25(31)32)28-26(33)34-17-22-20-11-6-4-9-18(20)19-10-5-7-12-21(19)22/h4-7,9-12,22-23H,3,8,13-17H2,1-2H3,(H,28,33)(H,31,32)/t23-/m0/s1. The van der Waals surface area contributed by atoms with Gasteiger partial charge in [0.05, 0.1) is 5.41 Å². The third kappa shape index (κ3) is 4.65. The van der Waals surface area contributed by atoms with Crippen LogP contribution in [0.2, 0.25) is 0 Å². The van der Waals surface area contributed by atoms with Gasteiger partial charge in [-0.25, -0.2) is 4.79 Å². The topological polar surface area (TPSA) is 95.9 Å². The maximum absolute atomic E-state index is 13.1. The van der Waals surface area contributed by atoms with Crippen LogP contribution in [0.5, 0.6) is 0 Å². The molecule has 0 unspecified atom stereocenters. The van der Waals surface area contributed by atoms with E-state index in [9.17, 15) is 19.5 Å². The maximum atomic E-state index is 13.1. The van der Waals surface area contributed by atoms with Crippen molar-refractivity contribution in [1.29, 1.82) is 0 Å². The molecule has 34 heavy (non-hydrogen) atoms. The van der Waals surface area contributed by atoms with E-state index in [2.05, 4.69) is 29.6 Å². The van der Waals surface area contributed by atoms with E-state index >= 15 is 0 Å². The molecule has 1 atom stereocenters. The molecular weight excluding hydrogens is 432 g/mol. The Morgan fingerprint density at radius 1 is 1.06 bits per heavy atom. The van der Waals surface area contributed by atoms with E-state index in [1.165, 1.54) is 0 Å². The van der Waals surface area contributed by atoms with E-state index in [0.29, 0.717) is 32.4 Å². The average Bonchev–Trinajstić information content (AvgIpc) is 3.16. The van der Waals surface area contributed by atoms with E-state index in [-0.39, 0.29) is 18.4 Å². The molecule has 2 aromatic carbocycles. The zero-order chi connectivity index (χ0) is 24.3. The fourth-order valence-electron chi connectivity index (χ4n) is 4.98. The number of carbonyl (C=O) groups is 3. The first kappa shape index (κ1) is 23.8. The van der Waals surface area contributed by atoms with Gasteiger partial charge < -0.3 is 20.1 Å². The molecule has 180 valence electrons. The smallest absolute Gasteiger partial charge is 0.407 e. The minimum Gasteiger partial charge on any atom is -0.481 e. The van der Waals surface area contributed by atoms with Gasteiger partial charge in [-0.05, 0) is 48.4 Å². The van der Waals surface area contributed by atoms with Crippen LogP contribution in [-0.4, -0.2) is 53.7 Å². The summed E-state index contributed by atoms with van der Waals surface area (Å²) in [6.07, 6.45) is 1.41. The second kappa shape index (κ2) is 9.87. The van der Waals surface area contributed by atoms with Crippen LogP contribution in [0, 0.1) is 5.41 Å². The summed E-state index contributed by atoms with van der Waals surface area (Å²) in [5, 5.41) is 12.2. The van der Waals surface area contributed by atoms with E-state index in [0.717, 1.165) is 28.7 Å². The number of carboxylic acids is 1. The van der Waals surface area contributed by atoms with Crippen molar-refractivity contribution >= 4 is 18.0 Å². The van der Waals surface area contributed by atoms with Gasteiger partial charge in [0.2, 0.25) is 5.91 Å². The number of amides is 2. The summed E-state index contributed by atoms with van der Waals surface area (Å²) in [6.45, 7) is 4.60. The third-order valence-electron chi connectivity index (χ3n) is 7.21. The van der Waals surface area contributed by atoms with E-state index in [1.54, 1.807) is 11.8 Å². The largest absolute Gasteiger partial charge is 0.481 e. The van der Waals surface area contributed by atoms with Crippen molar-refractivity contribution in [2.45, 2.75) is 51.5 Å². The number of nitrogens with one attached hydrogen (secondary N) is 1. The van der Waals surface area contributed by atoms with E-state index in [4.69, 9.17) is 4.74 Å². The molecule has 2 N–H and O–H groups in total. The first-order valence-corrected chi connectivity index (χ1v) is 12.0. The minimum atomic E-state index is -0.832. The zero-order valence-corrected chi connectivity index (χ0v) is 19.8. The molecule has 2 amide bonds. The number of piperidine rings is 1. The summed E-state index contributed by atoms with van der Waals surface area (Å²) in [5.41, 5.74) is 3.77. The minimum absolute atomic E-state index is 0.0470. The number of nitrogens with zero attached hydrogens (tertiary/aromatic N) is 1. The molecule has 0 saturated carbocycles. The van der Waals surface area contributed by atoms with Gasteiger partial charge in [-0.2, -0.15) is 0 Å². The van der Waals surface area contributed by atoms with Crippen molar-refractivity contribution < 1.29 is 24.2 Å². The van der Waals surface area contributed by atoms with Gasteiger partial charge in [0.25, 0.3) is 0 Å². The van der Waals surface area contributed by atoms with Crippen molar-refractivity contribution in [3.8, 4) is 11.1 Å². The Kier molecular flexibility index (Phi) is 6.91. The van der Waals surface area contributed by atoms with Gasteiger partial charge >= 0.3 is 12.1 Å². The summed E-state index contributed by atoms with van der Waals surface area (Å²) in [4.78, 5) is 39.0. The summed E-state index contributed by atoms with van der Waals surface area (Å²) in [6, 6.07) is 15.6. The van der Waals surface area contributed by atoms with Gasteiger partial charge in [-0.3, -0.25) is 9.59 Å². The summed E-state index contributed by atoms with van der Waals surface area (Å²) < 4.78 is 5.62. The number of benzene rings is 2. The van der Waals surface area contributed by atoms with Gasteiger partial charge in [-0.1, -0.05) is 61.9 Å². The van der Waals surface area contributed by atoms with Gasteiger partial charge in [0.15, 0.2) is 0 Å². The fraction of sp³-hybridized carbons (Fsp3) is 0.444. The molecule has 0 spiro atoms. The lowest BCUT2D eigenvalue weighted by atomic mass is 9.80. The van der Waals surface area contributed by atoms with Crippen molar-refractivity contribution in [2.24, 2.45) is 5.41 Å². The van der Waals surface area contributed by atoms with Crippen LogP contribution in [0.15, 0.2) is 48.5 Å². The molecule has 1 aliphatic carbocycles. The van der Waals surface area contributed by atoms with E-state index < -0.39 is 23.5 Å². The van der Waals surface area contributed by atoms with Crippen LogP contribution in [-0.2, 0) is 14.3 Å². The van der Waals surface area contributed by atoms with Crippen molar-refractivity contribution in [2.75, 3.05) is 19.7 Å². The Morgan fingerprint density at radius 3 is 2.15 bits per heavy atom. The lowest BCUT2D eigenvalue weighted by molar-refractivity contribution is -0.153. The highest BCUT2D eigenvalue weighted by atomic mass is 16.5. The van der Waals surface area contributed by atoms with Crippen LogP contribution >= 0.6 is 0 Å². The predicted molar refractivity (Wildman–Crippen MR) is 128 cm³/mol. The first-order chi connectivity index (χ1) is 16.3. The lowest BCUT2D eigenvalue weighted by Gasteiger charge is -2.38. The summed E-state index contributed by atoms with van der Waals surface area (Å²) in [5.74, 6) is -1.06. The number of alkyl carbamates (subject to hydrolysis) is 1. The first-order valence-electron chi connectivity index (χ1n) is 12.0. The summed E-state index contributed by atoms with van der Waals surface area (Å²) in [7, 11) is 0. The Morgan fingerprint density at radius 2 is 1.62 bits per heavy atom. The molecule has 7 nitrogen and oxygen atoms in total. The number of rotatable bonds is 7. The molecule has 0 radical (unpaired) electrons. The molecule has 1 aliphatic heterocycles. The Bertz CT molecular complexity index is 1030. The maximum Gasteiger partial charge on any atom is 0.407 e. The molecule has 1 saturated heterocycles. The number of aliphatic carboxylic acids is 1. The highest BCUT2D eigenvalue weighted by molar-refractivity contribution is 5.86. The quantitative estimate of drug-likeness (QED) is 0.633. The van der Waals surface area contributed by atoms with Crippen molar-refractivity contribution in [1.82, 2.24) is 10.2 Å². The fourth-order valence-corrected chi connectivity index (χ4v) is 4.98. The highest BCUT2D eigenvalue weighted by Crippen LogP contribution is 2.44. The average molecular weight is 465 g/mol. The second-order valence-corrected chi connectivity index (χ2v) is 9.50. The Labute approximate surface area is 200 Å². The normalized spacial score (nSPS) is 17.4. The monoisotopic (exact) mass is 464 g/mol. The molecule has 2 aromatic rings. The predicted octanol–water partition coefficient (Wildman–Crippen LogP) is 4.41. The van der Waals surface area contributed by atoms with Gasteiger partial charge in [0.1, 0.15) is 12.6 Å². The number of hydrogen-bond acceptors (Lipinski definition) is 4. The van der Waals surface area contributed by atoms with Crippen LogP contribution in [0.4, 0.5) is 4.79 Å². The Balaban J connectivity index is 1.38. The number of likely N-dealkylation sites (tertiary alicyclic amines) is 1. The van der Waals surface area contributed by atoms with Crippen molar-refractivity contribution in [3.05, 3.63) is 59.7 Å². The molecular formula is C27H32N2O5. The number of fused-ring (bicyclic) bond motifs is 3. The van der Waals surface area contributed by atoms with Crippen LogP contribution in [0.3, 0.4) is 0 Å². The number of carboxylic acid groups (broad SMARTS) is 1. The molecule has 0 aromatic heterocycles. The van der Waals surface area contributed by atoms with Crippen LogP contribution in [0.1, 0.15) is 56.6 Å². The molecule has 0 bridgehead atoms. The van der Waals surface area contributed by atoms with Gasteiger partial charge in [0, 0.05) is 19.0 Å². The van der Waals surface area contributed by atoms with Crippen LogP contribution < -0.4 is 5.32 Å². The van der Waals surface area contributed by atoms with Crippen molar-refractivity contribution in [3.63, 3.8) is 0 Å². The molecule has 4 rings (SSSR count). The molecule has 2 aliphatic rings. The second-order valence-electron chi connectivity index (χ2n) is 9.50. The SMILES string of the molecule is CCC[C@H](NC(=O)OCC1c2ccccc2-c2ccccc21)C(=O)N1CCC(C)(C(=O)O)CC1. The highest BCUT2D eigenvalue weighted by Gasteiger charge is 2.39. The van der Waals surface area contributed by atoms with Crippen LogP contribution in [0.25, 0.3) is 11.1 Å². The van der Waals surface area contributed by atoms with E-state index in [1.807, 2.05) is 31.2 Å². The molecule has 7 heteroatoms. The third-order valence-corrected chi connectivity index (χ3v) is 7.21. The number of hydrogen-bond donors (Lipinski definition) is 2. The summed E-state index contributed by atoms with van der Waals surface area (Å²) >= 11 is 0. The molecule has 1 fully saturated rings. The zero-order valence-electron chi connectivity index (χ0n) is 19.8. The number of carbonyl (C=O) groups excluding carboxylic acids is 2. The lowest BCUT2D eigenvalue weighted by Crippen LogP contribution is -2.52. The van der Waals surface area contributed by atoms with Gasteiger partial charge in [-0.15, -0.1) is 0 Å². The Hall–Kier alpha value is -3.35. The number of ether oxygens (including phenoxy) is 1.